The highest BCUT2D eigenvalue weighted by molar-refractivity contribution is 5.94. The van der Waals surface area contributed by atoms with Gasteiger partial charge in [0.05, 0.1) is 5.69 Å². The summed E-state index contributed by atoms with van der Waals surface area (Å²) in [5.41, 5.74) is 0.871. The summed E-state index contributed by atoms with van der Waals surface area (Å²) in [6, 6.07) is 4.90. The number of hydrogen-bond donors (Lipinski definition) is 1. The van der Waals surface area contributed by atoms with Crippen molar-refractivity contribution in [3.63, 3.8) is 0 Å². The van der Waals surface area contributed by atoms with Gasteiger partial charge in [-0.15, -0.1) is 0 Å². The van der Waals surface area contributed by atoms with Crippen molar-refractivity contribution in [3.8, 4) is 0 Å². The molecule has 6 heteroatoms. The SMILES string of the molecule is CC(=O)c1ccc(N2CCN(C(=O)NC3CC3)CC2)c(F)c1. The van der Waals surface area contributed by atoms with Gasteiger partial charge in [0.2, 0.25) is 0 Å². The van der Waals surface area contributed by atoms with E-state index in [0.29, 0.717) is 43.5 Å². The maximum atomic E-state index is 14.1. The summed E-state index contributed by atoms with van der Waals surface area (Å²) in [6.07, 6.45) is 2.14. The molecule has 3 rings (SSSR count). The van der Waals surface area contributed by atoms with Crippen LogP contribution in [0.15, 0.2) is 18.2 Å². The van der Waals surface area contributed by atoms with Crippen LogP contribution >= 0.6 is 0 Å². The standard InChI is InChI=1S/C16H20FN3O2/c1-11(21)12-2-5-15(14(17)10-12)19-6-8-20(9-7-19)16(22)18-13-3-4-13/h2,5,10,13H,3-4,6-9H2,1H3,(H,18,22). The number of urea groups is 1. The summed E-state index contributed by atoms with van der Waals surface area (Å²) in [5.74, 6) is -0.532. The average molecular weight is 305 g/mol. The van der Waals surface area contributed by atoms with Crippen LogP contribution in [-0.4, -0.2) is 48.9 Å². The molecule has 5 nitrogen and oxygen atoms in total. The molecule has 0 bridgehead atoms. The fourth-order valence-electron chi connectivity index (χ4n) is 2.63. The molecule has 0 unspecified atom stereocenters. The molecule has 22 heavy (non-hydrogen) atoms. The molecule has 0 radical (unpaired) electrons. The Morgan fingerprint density at radius 2 is 1.86 bits per heavy atom. The first-order valence-electron chi connectivity index (χ1n) is 7.65. The number of anilines is 1. The van der Waals surface area contributed by atoms with Crippen molar-refractivity contribution in [1.82, 2.24) is 10.2 Å². The molecule has 1 saturated carbocycles. The molecule has 2 amide bonds. The summed E-state index contributed by atoms with van der Waals surface area (Å²) in [5, 5.41) is 2.97. The monoisotopic (exact) mass is 305 g/mol. The van der Waals surface area contributed by atoms with Gasteiger partial charge < -0.3 is 15.1 Å². The summed E-state index contributed by atoms with van der Waals surface area (Å²) < 4.78 is 14.1. The molecule has 1 N–H and O–H groups in total. The van der Waals surface area contributed by atoms with E-state index in [-0.39, 0.29) is 17.6 Å². The van der Waals surface area contributed by atoms with Crippen LogP contribution in [0, 0.1) is 5.82 Å². The number of benzene rings is 1. The Morgan fingerprint density at radius 1 is 1.18 bits per heavy atom. The number of ketones is 1. The lowest BCUT2D eigenvalue weighted by atomic mass is 10.1. The van der Waals surface area contributed by atoms with Crippen molar-refractivity contribution in [2.24, 2.45) is 0 Å². The highest BCUT2D eigenvalue weighted by Gasteiger charge is 2.28. The zero-order chi connectivity index (χ0) is 15.7. The number of hydrogen-bond acceptors (Lipinski definition) is 3. The van der Waals surface area contributed by atoms with Gasteiger partial charge >= 0.3 is 6.03 Å². The third kappa shape index (κ3) is 3.21. The van der Waals surface area contributed by atoms with Gasteiger partial charge in [0, 0.05) is 37.8 Å². The lowest BCUT2D eigenvalue weighted by Crippen LogP contribution is -2.52. The minimum absolute atomic E-state index is 0.0189. The first-order chi connectivity index (χ1) is 10.5. The van der Waals surface area contributed by atoms with E-state index in [1.54, 1.807) is 17.0 Å². The molecule has 1 heterocycles. The van der Waals surface area contributed by atoms with Crippen LogP contribution in [0.3, 0.4) is 0 Å². The molecule has 2 aliphatic rings. The quantitative estimate of drug-likeness (QED) is 0.869. The molecule has 1 aliphatic heterocycles. The molecular weight excluding hydrogens is 285 g/mol. The second kappa shape index (κ2) is 5.94. The number of nitrogens with zero attached hydrogens (tertiary/aromatic N) is 2. The summed E-state index contributed by atoms with van der Waals surface area (Å²) in [4.78, 5) is 26.9. The van der Waals surface area contributed by atoms with Gasteiger partial charge in [-0.25, -0.2) is 9.18 Å². The molecule has 2 fully saturated rings. The Morgan fingerprint density at radius 3 is 2.41 bits per heavy atom. The first kappa shape index (κ1) is 14.8. The lowest BCUT2D eigenvalue weighted by Gasteiger charge is -2.36. The molecule has 1 aliphatic carbocycles. The molecule has 1 saturated heterocycles. The molecule has 1 aromatic carbocycles. The van der Waals surface area contributed by atoms with Gasteiger partial charge in [-0.05, 0) is 38.0 Å². The fourth-order valence-corrected chi connectivity index (χ4v) is 2.63. The van der Waals surface area contributed by atoms with Crippen molar-refractivity contribution in [1.29, 1.82) is 0 Å². The van der Waals surface area contributed by atoms with E-state index in [0.717, 1.165) is 12.8 Å². The molecule has 1 aromatic rings. The van der Waals surface area contributed by atoms with Crippen molar-refractivity contribution in [2.45, 2.75) is 25.8 Å². The molecule has 118 valence electrons. The summed E-state index contributed by atoms with van der Waals surface area (Å²) >= 11 is 0. The number of rotatable bonds is 3. The largest absolute Gasteiger partial charge is 0.366 e. The van der Waals surface area contributed by atoms with E-state index in [1.807, 2.05) is 4.90 Å². The van der Waals surface area contributed by atoms with Crippen LogP contribution in [0.2, 0.25) is 0 Å². The van der Waals surface area contributed by atoms with Crippen LogP contribution < -0.4 is 10.2 Å². The average Bonchev–Trinajstić information content (AvgIpc) is 3.31. The van der Waals surface area contributed by atoms with Gasteiger partial charge in [0.1, 0.15) is 5.82 Å². The van der Waals surface area contributed by atoms with Crippen molar-refractivity contribution >= 4 is 17.5 Å². The van der Waals surface area contributed by atoms with Crippen molar-refractivity contribution < 1.29 is 14.0 Å². The van der Waals surface area contributed by atoms with Crippen LogP contribution in [0.1, 0.15) is 30.1 Å². The first-order valence-corrected chi connectivity index (χ1v) is 7.65. The predicted molar refractivity (Wildman–Crippen MR) is 81.7 cm³/mol. The van der Waals surface area contributed by atoms with Crippen LogP contribution in [0.5, 0.6) is 0 Å². The second-order valence-electron chi connectivity index (χ2n) is 5.92. The van der Waals surface area contributed by atoms with E-state index in [4.69, 9.17) is 0 Å². The number of amides is 2. The van der Waals surface area contributed by atoms with Gasteiger partial charge in [0.15, 0.2) is 5.78 Å². The van der Waals surface area contributed by atoms with E-state index in [9.17, 15) is 14.0 Å². The number of carbonyl (C=O) groups excluding carboxylic acids is 2. The molecule has 0 atom stereocenters. The van der Waals surface area contributed by atoms with Crippen LogP contribution in [-0.2, 0) is 0 Å². The van der Waals surface area contributed by atoms with Crippen LogP contribution in [0.25, 0.3) is 0 Å². The van der Waals surface area contributed by atoms with Gasteiger partial charge in [-0.1, -0.05) is 0 Å². The number of halogens is 1. The summed E-state index contributed by atoms with van der Waals surface area (Å²) in [7, 11) is 0. The Hall–Kier alpha value is -2.11. The third-order valence-electron chi connectivity index (χ3n) is 4.17. The van der Waals surface area contributed by atoms with Gasteiger partial charge in [-0.3, -0.25) is 4.79 Å². The van der Waals surface area contributed by atoms with E-state index in [1.165, 1.54) is 13.0 Å². The van der Waals surface area contributed by atoms with Crippen LogP contribution in [0.4, 0.5) is 14.9 Å². The highest BCUT2D eigenvalue weighted by atomic mass is 19.1. The number of Topliss-reactive ketones (excluding diaryl/α,β-unsaturated/α-hetero) is 1. The zero-order valence-electron chi connectivity index (χ0n) is 12.6. The predicted octanol–water partition coefficient (Wildman–Crippen LogP) is 2.02. The fraction of sp³-hybridized carbons (Fsp3) is 0.500. The minimum atomic E-state index is -0.386. The number of carbonyl (C=O) groups is 2. The second-order valence-corrected chi connectivity index (χ2v) is 5.92. The highest BCUT2D eigenvalue weighted by Crippen LogP contribution is 2.23. The zero-order valence-corrected chi connectivity index (χ0v) is 12.6. The maximum absolute atomic E-state index is 14.1. The molecule has 0 aromatic heterocycles. The Balaban J connectivity index is 1.61. The van der Waals surface area contributed by atoms with Gasteiger partial charge in [0.25, 0.3) is 0 Å². The normalized spacial score (nSPS) is 18.3. The van der Waals surface area contributed by atoms with E-state index >= 15 is 0 Å². The van der Waals surface area contributed by atoms with E-state index < -0.39 is 0 Å². The maximum Gasteiger partial charge on any atom is 0.317 e. The third-order valence-corrected chi connectivity index (χ3v) is 4.17. The van der Waals surface area contributed by atoms with Crippen molar-refractivity contribution in [2.75, 3.05) is 31.1 Å². The topological polar surface area (TPSA) is 52.7 Å². The van der Waals surface area contributed by atoms with Crippen molar-refractivity contribution in [3.05, 3.63) is 29.6 Å². The smallest absolute Gasteiger partial charge is 0.317 e. The minimum Gasteiger partial charge on any atom is -0.366 e. The number of nitrogens with one attached hydrogen (secondary N) is 1. The molecule has 0 spiro atoms. The molecular formula is C16H20FN3O2. The Bertz CT molecular complexity index is 593. The van der Waals surface area contributed by atoms with E-state index in [2.05, 4.69) is 5.32 Å². The summed E-state index contributed by atoms with van der Waals surface area (Å²) in [6.45, 7) is 3.76. The number of piperazine rings is 1. The Kier molecular flexibility index (Phi) is 4.00. The lowest BCUT2D eigenvalue weighted by molar-refractivity contribution is 0.101. The van der Waals surface area contributed by atoms with Gasteiger partial charge in [-0.2, -0.15) is 0 Å². The Labute approximate surface area is 129 Å².